The van der Waals surface area contributed by atoms with Gasteiger partial charge in [0.25, 0.3) is 0 Å². The second kappa shape index (κ2) is 8.91. The first-order valence-corrected chi connectivity index (χ1v) is 9.30. The number of rotatable bonds is 4. The molecule has 0 bridgehead atoms. The minimum absolute atomic E-state index is 0.809. The topological polar surface area (TPSA) is 3.24 Å². The fraction of sp³-hybridized carbons (Fsp3) is 1.00. The highest BCUT2D eigenvalue weighted by atomic mass is 31.1. The van der Waals surface area contributed by atoms with Crippen molar-refractivity contribution in [1.82, 2.24) is 4.67 Å². The zero-order valence-electron chi connectivity index (χ0n) is 11.3. The minimum atomic E-state index is 0.809. The summed E-state index contributed by atoms with van der Waals surface area (Å²) in [6.45, 7) is 11.1. The Morgan fingerprint density at radius 2 is 1.80 bits per heavy atom. The number of hydrogen-bond acceptors (Lipinski definition) is 1. The number of hydrogen-bond donors (Lipinski definition) is 0. The van der Waals surface area contributed by atoms with Gasteiger partial charge in [0.2, 0.25) is 0 Å². The van der Waals surface area contributed by atoms with Gasteiger partial charge < -0.3 is 0 Å². The second-order valence-electron chi connectivity index (χ2n) is 4.07. The van der Waals surface area contributed by atoms with Crippen LogP contribution in [0.25, 0.3) is 0 Å². The summed E-state index contributed by atoms with van der Waals surface area (Å²) in [5, 5.41) is 0. The lowest BCUT2D eigenvalue weighted by atomic mass is 10.00. The third kappa shape index (κ3) is 4.68. The van der Waals surface area contributed by atoms with E-state index in [1.54, 1.807) is 0 Å². The van der Waals surface area contributed by atoms with E-state index in [0.29, 0.717) is 0 Å². The van der Waals surface area contributed by atoms with Crippen LogP contribution in [0.5, 0.6) is 0 Å². The molecule has 1 fully saturated rings. The van der Waals surface area contributed by atoms with Crippen LogP contribution in [-0.4, -0.2) is 36.7 Å². The standard InChI is InChI=1S/C10H23NP2.C2H6/c1-8(11(2)13-4)9-6-5-7-10(9)12-3;1-2/h8-10,12-13H,5-7H2,1-4H3;1-2H3. The summed E-state index contributed by atoms with van der Waals surface area (Å²) in [4.78, 5) is 0. The average molecular weight is 249 g/mol. The summed E-state index contributed by atoms with van der Waals surface area (Å²) in [6, 6.07) is 0.809. The highest BCUT2D eigenvalue weighted by Gasteiger charge is 2.31. The molecule has 1 rings (SSSR count). The molecule has 0 saturated heterocycles. The van der Waals surface area contributed by atoms with E-state index in [0.717, 1.165) is 34.9 Å². The van der Waals surface area contributed by atoms with Crippen LogP contribution in [0.15, 0.2) is 0 Å². The van der Waals surface area contributed by atoms with Crippen LogP contribution in [0, 0.1) is 5.92 Å². The van der Waals surface area contributed by atoms with Gasteiger partial charge in [0, 0.05) is 6.04 Å². The fourth-order valence-corrected chi connectivity index (χ4v) is 4.38. The predicted molar refractivity (Wildman–Crippen MR) is 78.2 cm³/mol. The average Bonchev–Trinajstić information content (AvgIpc) is 2.77. The molecule has 0 heterocycles. The van der Waals surface area contributed by atoms with Crippen LogP contribution < -0.4 is 0 Å². The van der Waals surface area contributed by atoms with Gasteiger partial charge in [-0.3, -0.25) is 4.67 Å². The maximum absolute atomic E-state index is 2.53. The van der Waals surface area contributed by atoms with Gasteiger partial charge >= 0.3 is 0 Å². The van der Waals surface area contributed by atoms with Gasteiger partial charge in [-0.05, 0) is 51.7 Å². The van der Waals surface area contributed by atoms with E-state index in [9.17, 15) is 0 Å². The van der Waals surface area contributed by atoms with E-state index in [1.807, 2.05) is 13.8 Å². The van der Waals surface area contributed by atoms with Crippen molar-refractivity contribution in [2.75, 3.05) is 20.4 Å². The molecular formula is C12H29NP2. The molecule has 0 N–H and O–H groups in total. The number of nitrogens with zero attached hydrogens (tertiary/aromatic N) is 1. The lowest BCUT2D eigenvalue weighted by Gasteiger charge is -2.31. The van der Waals surface area contributed by atoms with E-state index >= 15 is 0 Å². The Hall–Kier alpha value is 0.820. The summed E-state index contributed by atoms with van der Waals surface area (Å²) in [6.07, 6.45) is 4.44. The summed E-state index contributed by atoms with van der Waals surface area (Å²) >= 11 is 0. The van der Waals surface area contributed by atoms with Crippen molar-refractivity contribution in [2.24, 2.45) is 5.92 Å². The SMILES string of the molecule is CC.CPC1CCCC1C(C)N(C)PC. The van der Waals surface area contributed by atoms with Gasteiger partial charge in [-0.15, -0.1) is 8.58 Å². The molecule has 5 atom stereocenters. The Morgan fingerprint density at radius 1 is 1.20 bits per heavy atom. The molecule has 0 aromatic carbocycles. The molecule has 15 heavy (non-hydrogen) atoms. The maximum atomic E-state index is 2.53. The summed E-state index contributed by atoms with van der Waals surface area (Å²) in [7, 11) is 4.40. The van der Waals surface area contributed by atoms with Crippen LogP contribution in [0.3, 0.4) is 0 Å². The summed E-state index contributed by atoms with van der Waals surface area (Å²) < 4.78 is 2.53. The lowest BCUT2D eigenvalue weighted by Crippen LogP contribution is -2.32. The van der Waals surface area contributed by atoms with Crippen LogP contribution in [0.4, 0.5) is 0 Å². The molecule has 0 aromatic heterocycles. The van der Waals surface area contributed by atoms with Crippen molar-refractivity contribution in [2.45, 2.75) is 51.7 Å². The Kier molecular flexibility index (Phi) is 9.40. The molecule has 0 aliphatic heterocycles. The molecular weight excluding hydrogens is 220 g/mol. The van der Waals surface area contributed by atoms with E-state index in [1.165, 1.54) is 19.3 Å². The van der Waals surface area contributed by atoms with Crippen LogP contribution in [0.2, 0.25) is 0 Å². The van der Waals surface area contributed by atoms with Gasteiger partial charge in [0.05, 0.1) is 0 Å². The smallest absolute Gasteiger partial charge is 0.0134 e. The Bertz CT molecular complexity index is 153. The zero-order valence-corrected chi connectivity index (χ0v) is 13.3. The molecule has 3 heteroatoms. The van der Waals surface area contributed by atoms with Gasteiger partial charge in [-0.2, -0.15) is 0 Å². The fourth-order valence-electron chi connectivity index (χ4n) is 2.42. The molecule has 0 aromatic rings. The van der Waals surface area contributed by atoms with Crippen molar-refractivity contribution in [1.29, 1.82) is 0 Å². The normalized spacial score (nSPS) is 29.0. The molecule has 0 radical (unpaired) electrons. The van der Waals surface area contributed by atoms with E-state index < -0.39 is 0 Å². The first-order valence-electron chi connectivity index (χ1n) is 6.28. The Labute approximate surface area is 100 Å². The third-order valence-electron chi connectivity index (χ3n) is 3.52. The molecule has 92 valence electrons. The Balaban J connectivity index is 0.000000921. The molecule has 5 unspecified atom stereocenters. The van der Waals surface area contributed by atoms with E-state index in [-0.39, 0.29) is 0 Å². The largest absolute Gasteiger partial charge is 0.285 e. The summed E-state index contributed by atoms with van der Waals surface area (Å²) in [5.41, 5.74) is 1.04. The first-order chi connectivity index (χ1) is 7.20. The highest BCUT2D eigenvalue weighted by molar-refractivity contribution is 7.38. The monoisotopic (exact) mass is 249 g/mol. The first kappa shape index (κ1) is 15.8. The van der Waals surface area contributed by atoms with Crippen molar-refractivity contribution >= 4 is 17.3 Å². The molecule has 0 amide bonds. The van der Waals surface area contributed by atoms with E-state index in [2.05, 4.69) is 32.0 Å². The van der Waals surface area contributed by atoms with Gasteiger partial charge in [0.15, 0.2) is 0 Å². The van der Waals surface area contributed by atoms with Crippen molar-refractivity contribution in [3.05, 3.63) is 0 Å². The zero-order chi connectivity index (χ0) is 11.8. The molecule has 1 saturated carbocycles. The molecule has 1 aliphatic carbocycles. The summed E-state index contributed by atoms with van der Waals surface area (Å²) in [5.74, 6) is 0.987. The van der Waals surface area contributed by atoms with Crippen LogP contribution >= 0.6 is 17.3 Å². The van der Waals surface area contributed by atoms with Crippen molar-refractivity contribution in [3.63, 3.8) is 0 Å². The third-order valence-corrected chi connectivity index (χ3v) is 6.09. The predicted octanol–water partition coefficient (Wildman–Crippen LogP) is 4.03. The lowest BCUT2D eigenvalue weighted by molar-refractivity contribution is 0.309. The quantitative estimate of drug-likeness (QED) is 0.680. The maximum Gasteiger partial charge on any atom is 0.0134 e. The molecule has 0 spiro atoms. The minimum Gasteiger partial charge on any atom is -0.285 e. The van der Waals surface area contributed by atoms with Gasteiger partial charge in [-0.1, -0.05) is 29.0 Å². The van der Waals surface area contributed by atoms with E-state index in [4.69, 9.17) is 0 Å². The highest BCUT2D eigenvalue weighted by Crippen LogP contribution is 2.41. The Morgan fingerprint density at radius 3 is 2.27 bits per heavy atom. The second-order valence-corrected chi connectivity index (χ2v) is 6.54. The van der Waals surface area contributed by atoms with Crippen molar-refractivity contribution in [3.8, 4) is 0 Å². The van der Waals surface area contributed by atoms with Crippen molar-refractivity contribution < 1.29 is 0 Å². The van der Waals surface area contributed by atoms with Gasteiger partial charge in [0.1, 0.15) is 0 Å². The molecule has 1 aliphatic rings. The van der Waals surface area contributed by atoms with Crippen LogP contribution in [0.1, 0.15) is 40.0 Å². The van der Waals surface area contributed by atoms with Crippen LogP contribution in [-0.2, 0) is 0 Å². The molecule has 1 nitrogen and oxygen atoms in total. The van der Waals surface area contributed by atoms with Gasteiger partial charge in [-0.25, -0.2) is 0 Å².